The first kappa shape index (κ1) is 24.0. The van der Waals surface area contributed by atoms with E-state index in [1.165, 1.54) is 0 Å². The molecule has 1 aliphatic heterocycles. The fraction of sp³-hybridized carbons (Fsp3) is 0.407. The molecule has 0 spiro atoms. The summed E-state index contributed by atoms with van der Waals surface area (Å²) in [5, 5.41) is 23.6. The first-order valence-corrected chi connectivity index (χ1v) is 12.4. The molecule has 36 heavy (non-hydrogen) atoms. The van der Waals surface area contributed by atoms with Gasteiger partial charge in [-0.05, 0) is 58.9 Å². The fourth-order valence-electron chi connectivity index (χ4n) is 5.09. The number of phenols is 1. The predicted molar refractivity (Wildman–Crippen MR) is 143 cm³/mol. The summed E-state index contributed by atoms with van der Waals surface area (Å²) >= 11 is 0. The van der Waals surface area contributed by atoms with Crippen LogP contribution in [0.5, 0.6) is 5.75 Å². The van der Waals surface area contributed by atoms with Gasteiger partial charge in [-0.1, -0.05) is 0 Å². The van der Waals surface area contributed by atoms with E-state index in [2.05, 4.69) is 34.5 Å². The second kappa shape index (κ2) is 9.05. The Morgan fingerprint density at radius 3 is 2.58 bits per heavy atom. The molecule has 0 aliphatic carbocycles. The monoisotopic (exact) mass is 487 g/mol. The molecule has 0 unspecified atom stereocenters. The number of carbonyl (C=O) groups excluding carboxylic acids is 1. The summed E-state index contributed by atoms with van der Waals surface area (Å²) in [7, 11) is 1.84. The third-order valence-electron chi connectivity index (χ3n) is 6.60. The number of benzene rings is 2. The van der Waals surface area contributed by atoms with Crippen LogP contribution in [0.4, 0.5) is 5.69 Å². The third kappa shape index (κ3) is 4.35. The molecule has 9 heteroatoms. The van der Waals surface area contributed by atoms with Crippen LogP contribution in [0, 0.1) is 6.92 Å². The first-order valence-electron chi connectivity index (χ1n) is 12.4. The number of rotatable bonds is 4. The van der Waals surface area contributed by atoms with Gasteiger partial charge in [-0.3, -0.25) is 9.48 Å². The van der Waals surface area contributed by atoms with E-state index in [1.54, 1.807) is 4.68 Å². The molecule has 0 bridgehead atoms. The Bertz CT molecular complexity index is 1470. The number of carbonyl (C=O) groups is 1. The van der Waals surface area contributed by atoms with Crippen LogP contribution < -0.4 is 15.5 Å². The van der Waals surface area contributed by atoms with Crippen LogP contribution in [-0.2, 0) is 7.05 Å². The van der Waals surface area contributed by atoms with Gasteiger partial charge in [-0.25, -0.2) is 9.97 Å². The van der Waals surface area contributed by atoms with Crippen LogP contribution >= 0.6 is 0 Å². The van der Waals surface area contributed by atoms with Crippen LogP contribution in [0.1, 0.15) is 43.7 Å². The van der Waals surface area contributed by atoms with Crippen molar-refractivity contribution in [1.82, 2.24) is 30.4 Å². The van der Waals surface area contributed by atoms with Crippen LogP contribution in [0.15, 0.2) is 30.5 Å². The van der Waals surface area contributed by atoms with E-state index >= 15 is 0 Å². The van der Waals surface area contributed by atoms with Crippen molar-refractivity contribution in [2.24, 2.45) is 7.05 Å². The third-order valence-corrected chi connectivity index (χ3v) is 6.60. The van der Waals surface area contributed by atoms with Crippen molar-refractivity contribution in [2.45, 2.75) is 52.7 Å². The average Bonchev–Trinajstić information content (AvgIpc) is 3.19. The van der Waals surface area contributed by atoms with Gasteiger partial charge < -0.3 is 20.6 Å². The van der Waals surface area contributed by atoms with Gasteiger partial charge in [0.25, 0.3) is 5.91 Å². The van der Waals surface area contributed by atoms with Crippen molar-refractivity contribution < 1.29 is 9.90 Å². The Hall–Kier alpha value is -3.72. The highest BCUT2D eigenvalue weighted by Crippen LogP contribution is 2.36. The number of nitrogens with zero attached hydrogens (tertiary/aromatic N) is 5. The van der Waals surface area contributed by atoms with Crippen molar-refractivity contribution in [3.05, 3.63) is 41.7 Å². The van der Waals surface area contributed by atoms with Gasteiger partial charge in [0.15, 0.2) is 5.82 Å². The molecule has 0 saturated carbocycles. The maximum atomic E-state index is 13.3. The molecule has 3 N–H and O–H groups in total. The minimum atomic E-state index is -0.267. The predicted octanol–water partition coefficient (Wildman–Crippen LogP) is 3.52. The summed E-state index contributed by atoms with van der Waals surface area (Å²) in [6.45, 7) is 11.8. The molecule has 2 aromatic heterocycles. The molecular formula is C27H33N7O2. The molecule has 4 aromatic rings. The van der Waals surface area contributed by atoms with Crippen molar-refractivity contribution in [2.75, 3.05) is 18.0 Å². The molecule has 2 aromatic carbocycles. The number of phenolic OH excluding ortho intramolecular Hbond substituents is 1. The lowest BCUT2D eigenvalue weighted by Gasteiger charge is -2.37. The molecule has 0 radical (unpaired) electrons. The Balaban J connectivity index is 1.68. The zero-order chi connectivity index (χ0) is 25.7. The van der Waals surface area contributed by atoms with E-state index in [9.17, 15) is 9.90 Å². The van der Waals surface area contributed by atoms with E-state index in [0.29, 0.717) is 45.6 Å². The number of anilines is 1. The van der Waals surface area contributed by atoms with E-state index < -0.39 is 0 Å². The van der Waals surface area contributed by atoms with Gasteiger partial charge in [0, 0.05) is 66.5 Å². The van der Waals surface area contributed by atoms with Crippen LogP contribution in [0.25, 0.3) is 33.2 Å². The number of aromatic nitrogens is 4. The number of aryl methyl sites for hydroxylation is 2. The summed E-state index contributed by atoms with van der Waals surface area (Å²) in [5.74, 6) is 0.104. The average molecular weight is 488 g/mol. The molecular weight excluding hydrogens is 454 g/mol. The highest BCUT2D eigenvalue weighted by atomic mass is 16.3. The summed E-state index contributed by atoms with van der Waals surface area (Å²) in [6.07, 6.45) is 1.89. The lowest BCUT2D eigenvalue weighted by atomic mass is 10.0. The molecule has 3 heterocycles. The number of aromatic hydroxyl groups is 1. The Morgan fingerprint density at radius 1 is 1.17 bits per heavy atom. The van der Waals surface area contributed by atoms with Gasteiger partial charge in [0.2, 0.25) is 0 Å². The Labute approximate surface area is 210 Å². The van der Waals surface area contributed by atoms with E-state index in [1.807, 2.05) is 58.3 Å². The second-order valence-electron chi connectivity index (χ2n) is 10.2. The molecule has 2 atom stereocenters. The standard InChI is InChI=1S/C27H33N7O2/c1-14(2)28-27(36)24-20-10-19(34-11-15(3)29-16(4)12-34)7-8-22(20)30-26(31-24)21-9-18-13-33(6)32-23(18)17(5)25(21)35/h7-10,13-16,29,35H,11-12H2,1-6H3,(H,28,36)/t15-,16-/m1/s1. The lowest BCUT2D eigenvalue weighted by molar-refractivity contribution is 0.0940. The van der Waals surface area contributed by atoms with Gasteiger partial charge >= 0.3 is 0 Å². The highest BCUT2D eigenvalue weighted by Gasteiger charge is 2.24. The van der Waals surface area contributed by atoms with Gasteiger partial charge in [0.1, 0.15) is 11.4 Å². The number of hydrogen-bond acceptors (Lipinski definition) is 7. The Morgan fingerprint density at radius 2 is 1.89 bits per heavy atom. The minimum absolute atomic E-state index is 0.0496. The van der Waals surface area contributed by atoms with Crippen molar-refractivity contribution in [3.8, 4) is 17.1 Å². The zero-order valence-corrected chi connectivity index (χ0v) is 21.6. The quantitative estimate of drug-likeness (QED) is 0.404. The van der Waals surface area contributed by atoms with Gasteiger partial charge in [-0.15, -0.1) is 0 Å². The van der Waals surface area contributed by atoms with Gasteiger partial charge in [-0.2, -0.15) is 5.10 Å². The number of hydrogen-bond donors (Lipinski definition) is 3. The van der Waals surface area contributed by atoms with Crippen molar-refractivity contribution in [3.63, 3.8) is 0 Å². The summed E-state index contributed by atoms with van der Waals surface area (Å²) in [6, 6.07) is 8.49. The zero-order valence-electron chi connectivity index (χ0n) is 21.6. The van der Waals surface area contributed by atoms with E-state index in [-0.39, 0.29) is 17.7 Å². The molecule has 1 saturated heterocycles. The summed E-state index contributed by atoms with van der Waals surface area (Å²) in [4.78, 5) is 25.1. The molecule has 1 fully saturated rings. The Kier molecular flexibility index (Phi) is 6.04. The van der Waals surface area contributed by atoms with Crippen LogP contribution in [-0.4, -0.2) is 62.0 Å². The number of amides is 1. The topological polar surface area (TPSA) is 108 Å². The van der Waals surface area contributed by atoms with Gasteiger partial charge in [0.05, 0.1) is 16.6 Å². The van der Waals surface area contributed by atoms with Crippen molar-refractivity contribution in [1.29, 1.82) is 0 Å². The maximum absolute atomic E-state index is 13.3. The molecule has 188 valence electrons. The SMILES string of the molecule is Cc1c(O)c(-c2nc(C(=O)NC(C)C)c3cc(N4C[C@@H](C)N[C@H](C)C4)ccc3n2)cc2cn(C)nc12. The molecule has 1 aliphatic rings. The van der Waals surface area contributed by atoms with Crippen molar-refractivity contribution >= 4 is 33.4 Å². The first-order chi connectivity index (χ1) is 17.1. The normalized spacial score (nSPS) is 18.4. The molecule has 1 amide bonds. The summed E-state index contributed by atoms with van der Waals surface area (Å²) in [5.41, 5.74) is 3.83. The number of piperazine rings is 1. The summed E-state index contributed by atoms with van der Waals surface area (Å²) < 4.78 is 1.71. The smallest absolute Gasteiger partial charge is 0.270 e. The largest absolute Gasteiger partial charge is 0.507 e. The van der Waals surface area contributed by atoms with Crippen LogP contribution in [0.2, 0.25) is 0 Å². The second-order valence-corrected chi connectivity index (χ2v) is 10.2. The molecule has 9 nitrogen and oxygen atoms in total. The van der Waals surface area contributed by atoms with Crippen LogP contribution in [0.3, 0.4) is 0 Å². The van der Waals surface area contributed by atoms with E-state index in [0.717, 1.165) is 29.7 Å². The lowest BCUT2D eigenvalue weighted by Crippen LogP contribution is -2.54. The highest BCUT2D eigenvalue weighted by molar-refractivity contribution is 6.06. The molecule has 5 rings (SSSR count). The fourth-order valence-corrected chi connectivity index (χ4v) is 5.09. The minimum Gasteiger partial charge on any atom is -0.507 e. The maximum Gasteiger partial charge on any atom is 0.270 e. The van der Waals surface area contributed by atoms with E-state index in [4.69, 9.17) is 9.97 Å². The number of nitrogens with one attached hydrogen (secondary N) is 2. The number of fused-ring (bicyclic) bond motifs is 2.